The van der Waals surface area contributed by atoms with Gasteiger partial charge in [0.05, 0.1) is 17.3 Å². The monoisotopic (exact) mass is 302 g/mol. The Bertz CT molecular complexity index is 652. The highest BCUT2D eigenvalue weighted by atomic mass is 35.5. The van der Waals surface area contributed by atoms with Crippen molar-refractivity contribution in [2.24, 2.45) is 0 Å². The first-order valence-electron chi connectivity index (χ1n) is 7.10. The van der Waals surface area contributed by atoms with Crippen molar-refractivity contribution in [3.05, 3.63) is 47.3 Å². The van der Waals surface area contributed by atoms with E-state index >= 15 is 0 Å². The van der Waals surface area contributed by atoms with Gasteiger partial charge in [-0.05, 0) is 37.6 Å². The maximum Gasteiger partial charge on any atom is 0.130 e. The lowest BCUT2D eigenvalue weighted by molar-refractivity contribution is 0.292. The molecule has 1 heterocycles. The summed E-state index contributed by atoms with van der Waals surface area (Å²) in [5.41, 5.74) is 3.09. The first kappa shape index (κ1) is 15.5. The molecule has 2 rings (SSSR count). The fourth-order valence-electron chi connectivity index (χ4n) is 2.03. The van der Waals surface area contributed by atoms with Gasteiger partial charge in [-0.3, -0.25) is 4.68 Å². The minimum Gasteiger partial charge on any atom is -0.487 e. The first-order valence-corrected chi connectivity index (χ1v) is 7.63. The number of aromatic nitrogens is 2. The van der Waals surface area contributed by atoms with Crippen LogP contribution in [0.5, 0.6) is 5.75 Å². The summed E-state index contributed by atoms with van der Waals surface area (Å²) < 4.78 is 7.83. The second kappa shape index (κ2) is 7.75. The van der Waals surface area contributed by atoms with Gasteiger partial charge in [0.25, 0.3) is 0 Å². The summed E-state index contributed by atoms with van der Waals surface area (Å²) in [4.78, 5) is 0. The van der Waals surface area contributed by atoms with E-state index in [0.717, 1.165) is 35.7 Å². The van der Waals surface area contributed by atoms with Crippen LogP contribution in [0.2, 0.25) is 0 Å². The van der Waals surface area contributed by atoms with Crippen LogP contribution in [0.4, 0.5) is 0 Å². The number of ether oxygens (including phenoxy) is 1. The van der Waals surface area contributed by atoms with Gasteiger partial charge < -0.3 is 4.74 Å². The fraction of sp³-hybridized carbons (Fsp3) is 0.353. The fourth-order valence-corrected chi connectivity index (χ4v) is 2.10. The van der Waals surface area contributed by atoms with E-state index in [1.807, 2.05) is 28.9 Å². The standard InChI is InChI=1S/C17H19ClN2O/c1-3-15-12-16(20(4-2)19-15)13-21-17-9-5-7-14(11-17)8-6-10-18/h5,7,9,11-12H,3-4,10,13H2,1-2H3. The third-order valence-corrected chi connectivity index (χ3v) is 3.23. The van der Waals surface area contributed by atoms with E-state index in [1.165, 1.54) is 0 Å². The third-order valence-electron chi connectivity index (χ3n) is 3.10. The van der Waals surface area contributed by atoms with Crippen LogP contribution in [0.25, 0.3) is 0 Å². The van der Waals surface area contributed by atoms with Gasteiger partial charge in [-0.15, -0.1) is 11.6 Å². The topological polar surface area (TPSA) is 27.1 Å². The molecule has 2 aromatic rings. The molecule has 1 aromatic carbocycles. The zero-order chi connectivity index (χ0) is 15.1. The van der Waals surface area contributed by atoms with Gasteiger partial charge in [-0.25, -0.2) is 0 Å². The van der Waals surface area contributed by atoms with Crippen molar-refractivity contribution in [3.8, 4) is 17.6 Å². The van der Waals surface area contributed by atoms with Gasteiger partial charge in [-0.1, -0.05) is 24.8 Å². The van der Waals surface area contributed by atoms with E-state index < -0.39 is 0 Å². The number of benzene rings is 1. The van der Waals surface area contributed by atoms with Gasteiger partial charge in [0.2, 0.25) is 0 Å². The van der Waals surface area contributed by atoms with E-state index in [2.05, 4.69) is 36.9 Å². The quantitative estimate of drug-likeness (QED) is 0.623. The highest BCUT2D eigenvalue weighted by molar-refractivity contribution is 6.19. The Kier molecular flexibility index (Phi) is 5.71. The molecule has 0 spiro atoms. The Morgan fingerprint density at radius 3 is 2.86 bits per heavy atom. The number of halogens is 1. The van der Waals surface area contributed by atoms with Crippen molar-refractivity contribution >= 4 is 11.6 Å². The summed E-state index contributed by atoms with van der Waals surface area (Å²) in [6, 6.07) is 9.83. The third kappa shape index (κ3) is 4.27. The first-order chi connectivity index (χ1) is 10.3. The van der Waals surface area contributed by atoms with Gasteiger partial charge in [-0.2, -0.15) is 5.10 Å². The lowest BCUT2D eigenvalue weighted by Gasteiger charge is -2.07. The Morgan fingerprint density at radius 1 is 1.29 bits per heavy atom. The number of aryl methyl sites for hydroxylation is 2. The van der Waals surface area contributed by atoms with Crippen LogP contribution in [-0.2, 0) is 19.6 Å². The van der Waals surface area contributed by atoms with Crippen molar-refractivity contribution in [2.45, 2.75) is 33.4 Å². The van der Waals surface area contributed by atoms with E-state index in [-0.39, 0.29) is 0 Å². The molecule has 1 aromatic heterocycles. The maximum atomic E-state index is 5.85. The molecule has 0 unspecified atom stereocenters. The number of alkyl halides is 1. The Hall–Kier alpha value is -1.92. The highest BCUT2D eigenvalue weighted by Gasteiger charge is 2.06. The van der Waals surface area contributed by atoms with Crippen molar-refractivity contribution in [1.29, 1.82) is 0 Å². The zero-order valence-electron chi connectivity index (χ0n) is 12.4. The minimum atomic E-state index is 0.334. The summed E-state index contributed by atoms with van der Waals surface area (Å²) in [5, 5.41) is 4.52. The molecule has 0 saturated heterocycles. The average molecular weight is 303 g/mol. The summed E-state index contributed by atoms with van der Waals surface area (Å²) >= 11 is 5.57. The molecular weight excluding hydrogens is 284 g/mol. The predicted molar refractivity (Wildman–Crippen MR) is 85.7 cm³/mol. The number of nitrogens with zero attached hydrogens (tertiary/aromatic N) is 2. The molecule has 0 radical (unpaired) electrons. The molecule has 0 aliphatic carbocycles. The Morgan fingerprint density at radius 2 is 2.14 bits per heavy atom. The number of hydrogen-bond donors (Lipinski definition) is 0. The number of hydrogen-bond acceptors (Lipinski definition) is 2. The van der Waals surface area contributed by atoms with Gasteiger partial charge >= 0.3 is 0 Å². The van der Waals surface area contributed by atoms with Crippen molar-refractivity contribution in [2.75, 3.05) is 5.88 Å². The molecule has 0 fully saturated rings. The van der Waals surface area contributed by atoms with Crippen LogP contribution < -0.4 is 4.74 Å². The Balaban J connectivity index is 2.07. The van der Waals surface area contributed by atoms with Gasteiger partial charge in [0.15, 0.2) is 0 Å². The van der Waals surface area contributed by atoms with Crippen molar-refractivity contribution in [1.82, 2.24) is 9.78 Å². The van der Waals surface area contributed by atoms with E-state index in [9.17, 15) is 0 Å². The molecule has 0 amide bonds. The van der Waals surface area contributed by atoms with E-state index in [4.69, 9.17) is 16.3 Å². The number of rotatable bonds is 5. The predicted octanol–water partition coefficient (Wildman–Crippen LogP) is 3.63. The smallest absolute Gasteiger partial charge is 0.130 e. The second-order valence-corrected chi connectivity index (χ2v) is 4.82. The molecule has 0 atom stereocenters. The van der Waals surface area contributed by atoms with E-state index in [1.54, 1.807) is 0 Å². The van der Waals surface area contributed by atoms with Crippen LogP contribution >= 0.6 is 11.6 Å². The van der Waals surface area contributed by atoms with E-state index in [0.29, 0.717) is 12.5 Å². The lowest BCUT2D eigenvalue weighted by atomic mass is 10.2. The van der Waals surface area contributed by atoms with Crippen LogP contribution in [0.1, 0.15) is 30.8 Å². The summed E-state index contributed by atoms with van der Waals surface area (Å²) in [5.74, 6) is 6.97. The highest BCUT2D eigenvalue weighted by Crippen LogP contribution is 2.15. The molecule has 0 aliphatic rings. The van der Waals surface area contributed by atoms with Crippen LogP contribution in [-0.4, -0.2) is 15.7 Å². The Labute approximate surface area is 130 Å². The molecule has 0 bridgehead atoms. The largest absolute Gasteiger partial charge is 0.487 e. The maximum absolute atomic E-state index is 5.85. The average Bonchev–Trinajstić information content (AvgIpc) is 2.94. The van der Waals surface area contributed by atoms with Crippen LogP contribution in [0.15, 0.2) is 30.3 Å². The minimum absolute atomic E-state index is 0.334. The van der Waals surface area contributed by atoms with Crippen molar-refractivity contribution < 1.29 is 4.74 Å². The van der Waals surface area contributed by atoms with Crippen LogP contribution in [0, 0.1) is 11.8 Å². The normalized spacial score (nSPS) is 10.0. The second-order valence-electron chi connectivity index (χ2n) is 4.55. The van der Waals surface area contributed by atoms with Gasteiger partial charge in [0, 0.05) is 12.1 Å². The molecule has 4 heteroatoms. The van der Waals surface area contributed by atoms with Crippen LogP contribution in [0.3, 0.4) is 0 Å². The molecule has 110 valence electrons. The SMILES string of the molecule is CCc1cc(COc2cccc(C#CCCl)c2)n(CC)n1. The molecular formula is C17H19ClN2O. The molecule has 0 saturated carbocycles. The molecule has 0 aliphatic heterocycles. The molecule has 21 heavy (non-hydrogen) atoms. The zero-order valence-corrected chi connectivity index (χ0v) is 13.2. The molecule has 3 nitrogen and oxygen atoms in total. The van der Waals surface area contributed by atoms with Crippen molar-refractivity contribution in [3.63, 3.8) is 0 Å². The summed E-state index contributed by atoms with van der Waals surface area (Å²) in [6.45, 7) is 5.54. The summed E-state index contributed by atoms with van der Waals surface area (Å²) in [6.07, 6.45) is 0.934. The van der Waals surface area contributed by atoms with Gasteiger partial charge in [0.1, 0.15) is 12.4 Å². The summed E-state index contributed by atoms with van der Waals surface area (Å²) in [7, 11) is 0. The molecule has 0 N–H and O–H groups in total. The lowest BCUT2D eigenvalue weighted by Crippen LogP contribution is -2.06.